The number of carbonyl (C=O) groups is 2. The molecule has 2 heterocycles. The molecule has 2 saturated heterocycles. The van der Waals surface area contributed by atoms with E-state index in [2.05, 4.69) is 5.32 Å². The summed E-state index contributed by atoms with van der Waals surface area (Å²) >= 11 is 0. The number of amides is 1. The van der Waals surface area contributed by atoms with Crippen molar-refractivity contribution in [2.75, 3.05) is 19.8 Å². The first-order chi connectivity index (χ1) is 9.93. The molecule has 2 atom stereocenters. The second kappa shape index (κ2) is 6.75. The van der Waals surface area contributed by atoms with Crippen molar-refractivity contribution in [3.05, 3.63) is 0 Å². The van der Waals surface area contributed by atoms with Crippen molar-refractivity contribution in [3.63, 3.8) is 0 Å². The van der Waals surface area contributed by atoms with Crippen LogP contribution < -0.4 is 5.32 Å². The lowest BCUT2D eigenvalue weighted by Crippen LogP contribution is -2.55. The Hall–Kier alpha value is -1.14. The Balaban J connectivity index is 2.05. The molecule has 2 fully saturated rings. The topological polar surface area (TPSA) is 84.9 Å². The molecule has 2 aliphatic heterocycles. The van der Waals surface area contributed by atoms with Crippen LogP contribution in [0.4, 0.5) is 0 Å². The summed E-state index contributed by atoms with van der Waals surface area (Å²) in [5.41, 5.74) is -0.675. The summed E-state index contributed by atoms with van der Waals surface area (Å²) in [6.07, 6.45) is 1.67. The van der Waals surface area contributed by atoms with Crippen molar-refractivity contribution in [2.45, 2.75) is 51.2 Å². The number of hydrogen-bond acceptors (Lipinski definition) is 4. The fourth-order valence-electron chi connectivity index (χ4n) is 3.30. The van der Waals surface area contributed by atoms with Gasteiger partial charge >= 0.3 is 5.97 Å². The van der Waals surface area contributed by atoms with Crippen LogP contribution in [0.3, 0.4) is 0 Å². The zero-order valence-electron chi connectivity index (χ0n) is 12.8. The first-order valence-corrected chi connectivity index (χ1v) is 7.67. The smallest absolute Gasteiger partial charge is 0.305 e. The van der Waals surface area contributed by atoms with Crippen LogP contribution in [0.25, 0.3) is 0 Å². The van der Waals surface area contributed by atoms with Gasteiger partial charge in [0, 0.05) is 19.8 Å². The monoisotopic (exact) mass is 299 g/mol. The largest absolute Gasteiger partial charge is 0.481 e. The lowest BCUT2D eigenvalue weighted by Gasteiger charge is -2.38. The molecule has 2 aliphatic rings. The summed E-state index contributed by atoms with van der Waals surface area (Å²) < 4.78 is 11.0. The number of hydrogen-bond donors (Lipinski definition) is 2. The maximum atomic E-state index is 12.6. The van der Waals surface area contributed by atoms with Gasteiger partial charge in [-0.1, -0.05) is 13.8 Å². The van der Waals surface area contributed by atoms with Crippen LogP contribution in [0.5, 0.6) is 0 Å². The first-order valence-electron chi connectivity index (χ1n) is 7.67. The van der Waals surface area contributed by atoms with Crippen LogP contribution in [0.1, 0.15) is 39.5 Å². The average Bonchev–Trinajstić information content (AvgIpc) is 2.87. The molecule has 0 bridgehead atoms. The van der Waals surface area contributed by atoms with E-state index in [0.29, 0.717) is 39.1 Å². The molecule has 0 aromatic rings. The molecular formula is C15H25NO5. The van der Waals surface area contributed by atoms with Gasteiger partial charge in [-0.15, -0.1) is 0 Å². The van der Waals surface area contributed by atoms with Gasteiger partial charge in [0.2, 0.25) is 5.91 Å². The Labute approximate surface area is 125 Å². The molecule has 21 heavy (non-hydrogen) atoms. The van der Waals surface area contributed by atoms with Crippen molar-refractivity contribution in [3.8, 4) is 0 Å². The third-order valence-electron chi connectivity index (χ3n) is 4.46. The van der Waals surface area contributed by atoms with Gasteiger partial charge in [0.1, 0.15) is 0 Å². The van der Waals surface area contributed by atoms with Crippen molar-refractivity contribution >= 4 is 11.9 Å². The van der Waals surface area contributed by atoms with Crippen molar-refractivity contribution in [1.29, 1.82) is 0 Å². The number of carboxylic acids is 1. The van der Waals surface area contributed by atoms with Crippen LogP contribution in [0.15, 0.2) is 0 Å². The van der Waals surface area contributed by atoms with Crippen molar-refractivity contribution < 1.29 is 24.2 Å². The number of nitrogens with one attached hydrogen (secondary N) is 1. The van der Waals surface area contributed by atoms with E-state index in [1.54, 1.807) is 0 Å². The molecule has 0 aromatic carbocycles. The molecule has 6 heteroatoms. The summed E-state index contributed by atoms with van der Waals surface area (Å²) in [5.74, 6) is -0.874. The predicted octanol–water partition coefficient (Wildman–Crippen LogP) is 1.19. The van der Waals surface area contributed by atoms with Crippen molar-refractivity contribution in [2.24, 2.45) is 11.8 Å². The van der Waals surface area contributed by atoms with E-state index in [0.717, 1.165) is 0 Å². The van der Waals surface area contributed by atoms with E-state index >= 15 is 0 Å². The lowest BCUT2D eigenvalue weighted by molar-refractivity contribution is -0.141. The molecule has 1 amide bonds. The van der Waals surface area contributed by atoms with E-state index in [-0.39, 0.29) is 30.3 Å². The van der Waals surface area contributed by atoms with E-state index < -0.39 is 11.5 Å². The van der Waals surface area contributed by atoms with Gasteiger partial charge in [-0.3, -0.25) is 9.59 Å². The van der Waals surface area contributed by atoms with Gasteiger partial charge < -0.3 is 19.9 Å². The second-order valence-electron chi connectivity index (χ2n) is 6.43. The SMILES string of the molecule is CC(C)C1OCCC1C(=O)NC1(CC(=O)O)CCOCC1. The minimum atomic E-state index is -0.889. The highest BCUT2D eigenvalue weighted by molar-refractivity contribution is 5.81. The Kier molecular flexibility index (Phi) is 5.22. The quantitative estimate of drug-likeness (QED) is 0.796. The van der Waals surface area contributed by atoms with Crippen molar-refractivity contribution in [1.82, 2.24) is 5.32 Å². The highest BCUT2D eigenvalue weighted by atomic mass is 16.5. The minimum Gasteiger partial charge on any atom is -0.481 e. The lowest BCUT2D eigenvalue weighted by atomic mass is 9.84. The maximum absolute atomic E-state index is 12.6. The highest BCUT2D eigenvalue weighted by Gasteiger charge is 2.41. The van der Waals surface area contributed by atoms with Crippen LogP contribution in [0, 0.1) is 11.8 Å². The average molecular weight is 299 g/mol. The van der Waals surface area contributed by atoms with Gasteiger partial charge in [0.15, 0.2) is 0 Å². The van der Waals surface area contributed by atoms with Crippen LogP contribution in [-0.4, -0.2) is 48.4 Å². The number of rotatable bonds is 5. The maximum Gasteiger partial charge on any atom is 0.305 e. The first kappa shape index (κ1) is 16.2. The highest BCUT2D eigenvalue weighted by Crippen LogP contribution is 2.30. The Morgan fingerprint density at radius 1 is 1.29 bits per heavy atom. The van der Waals surface area contributed by atoms with Gasteiger partial charge in [0.25, 0.3) is 0 Å². The zero-order chi connectivity index (χ0) is 15.5. The predicted molar refractivity (Wildman–Crippen MR) is 75.9 cm³/mol. The molecule has 0 aromatic heterocycles. The number of aliphatic carboxylic acids is 1. The fourth-order valence-corrected chi connectivity index (χ4v) is 3.30. The summed E-state index contributed by atoms with van der Waals surface area (Å²) in [6.45, 7) is 5.65. The third kappa shape index (κ3) is 3.95. The zero-order valence-corrected chi connectivity index (χ0v) is 12.8. The molecule has 2 N–H and O–H groups in total. The third-order valence-corrected chi connectivity index (χ3v) is 4.46. The van der Waals surface area contributed by atoms with E-state index in [4.69, 9.17) is 14.6 Å². The molecule has 0 aliphatic carbocycles. The normalized spacial score (nSPS) is 28.5. The molecule has 6 nitrogen and oxygen atoms in total. The number of carboxylic acid groups (broad SMARTS) is 1. The number of ether oxygens (including phenoxy) is 2. The second-order valence-corrected chi connectivity index (χ2v) is 6.43. The number of carbonyl (C=O) groups excluding carboxylic acids is 1. The van der Waals surface area contributed by atoms with E-state index in [9.17, 15) is 9.59 Å². The Bertz CT molecular complexity index is 390. The molecule has 0 spiro atoms. The van der Waals surface area contributed by atoms with E-state index in [1.807, 2.05) is 13.8 Å². The fraction of sp³-hybridized carbons (Fsp3) is 0.867. The molecule has 120 valence electrons. The molecular weight excluding hydrogens is 274 g/mol. The van der Waals surface area contributed by atoms with Crippen LogP contribution in [-0.2, 0) is 19.1 Å². The Morgan fingerprint density at radius 3 is 2.52 bits per heavy atom. The van der Waals surface area contributed by atoms with E-state index in [1.165, 1.54) is 0 Å². The minimum absolute atomic E-state index is 0.0535. The summed E-state index contributed by atoms with van der Waals surface area (Å²) in [5, 5.41) is 12.1. The van der Waals surface area contributed by atoms with Gasteiger partial charge in [-0.2, -0.15) is 0 Å². The van der Waals surface area contributed by atoms with Gasteiger partial charge in [0.05, 0.1) is 24.0 Å². The van der Waals surface area contributed by atoms with Gasteiger partial charge in [-0.25, -0.2) is 0 Å². The summed E-state index contributed by atoms with van der Waals surface area (Å²) in [4.78, 5) is 23.7. The summed E-state index contributed by atoms with van der Waals surface area (Å²) in [6, 6.07) is 0. The molecule has 0 saturated carbocycles. The molecule has 0 radical (unpaired) electrons. The molecule has 2 rings (SSSR count). The van der Waals surface area contributed by atoms with Crippen LogP contribution >= 0.6 is 0 Å². The van der Waals surface area contributed by atoms with Crippen LogP contribution in [0.2, 0.25) is 0 Å². The summed E-state index contributed by atoms with van der Waals surface area (Å²) in [7, 11) is 0. The molecule has 2 unspecified atom stereocenters. The standard InChI is InChI=1S/C15H25NO5/c1-10(2)13-11(3-6-21-13)14(19)16-15(9-12(17)18)4-7-20-8-5-15/h10-11,13H,3-9H2,1-2H3,(H,16,19)(H,17,18). The van der Waals surface area contributed by atoms with Gasteiger partial charge in [-0.05, 0) is 25.2 Å². The Morgan fingerprint density at radius 2 is 1.95 bits per heavy atom.